The van der Waals surface area contributed by atoms with E-state index in [0.29, 0.717) is 23.8 Å². The molecule has 0 nitrogen and oxygen atoms in total. The van der Waals surface area contributed by atoms with Gasteiger partial charge in [0.2, 0.25) is 0 Å². The van der Waals surface area contributed by atoms with Gasteiger partial charge in [0.05, 0.1) is 0 Å². The molecule has 2 fully saturated rings. The van der Waals surface area contributed by atoms with Crippen LogP contribution in [0.2, 0.25) is 0 Å². The highest BCUT2D eigenvalue weighted by atomic mass is 19.3. The highest BCUT2D eigenvalue weighted by Crippen LogP contribution is 2.51. The molecule has 0 aromatic rings. The molecule has 0 aliphatic heterocycles. The van der Waals surface area contributed by atoms with Crippen molar-refractivity contribution in [3.05, 3.63) is 11.7 Å². The van der Waals surface area contributed by atoms with E-state index in [4.69, 9.17) is 0 Å². The van der Waals surface area contributed by atoms with Crippen molar-refractivity contribution in [1.29, 1.82) is 0 Å². The van der Waals surface area contributed by atoms with Gasteiger partial charge in [0, 0.05) is 0 Å². The monoisotopic (exact) mass is 270 g/mol. The van der Waals surface area contributed by atoms with Gasteiger partial charge in [-0.1, -0.05) is 32.6 Å². The molecule has 0 N–H and O–H groups in total. The third-order valence-electron chi connectivity index (χ3n) is 5.56. The van der Waals surface area contributed by atoms with Gasteiger partial charge < -0.3 is 0 Å². The molecule has 110 valence electrons. The Morgan fingerprint density at radius 2 is 1.68 bits per heavy atom. The molecule has 2 aliphatic carbocycles. The summed E-state index contributed by atoms with van der Waals surface area (Å²) in [6.07, 6.45) is 12.7. The van der Waals surface area contributed by atoms with E-state index < -0.39 is 6.08 Å². The Labute approximate surface area is 116 Å². The van der Waals surface area contributed by atoms with Gasteiger partial charge in [0.25, 0.3) is 6.08 Å². The molecule has 19 heavy (non-hydrogen) atoms. The number of hydrogen-bond donors (Lipinski definition) is 0. The van der Waals surface area contributed by atoms with E-state index in [1.807, 2.05) is 0 Å². The molecule has 0 aromatic carbocycles. The largest absolute Gasteiger partial charge is 0.269 e. The lowest BCUT2D eigenvalue weighted by Crippen LogP contribution is -2.30. The summed E-state index contributed by atoms with van der Waals surface area (Å²) < 4.78 is 25.2. The summed E-state index contributed by atoms with van der Waals surface area (Å²) in [4.78, 5) is 0. The molecular weight excluding hydrogens is 242 g/mol. The van der Waals surface area contributed by atoms with Gasteiger partial charge in [-0.05, 0) is 68.3 Å². The Bertz CT molecular complexity index is 295. The van der Waals surface area contributed by atoms with Crippen molar-refractivity contribution in [1.82, 2.24) is 0 Å². The van der Waals surface area contributed by atoms with E-state index in [1.165, 1.54) is 51.4 Å². The van der Waals surface area contributed by atoms with Crippen LogP contribution in [0.3, 0.4) is 0 Å². The van der Waals surface area contributed by atoms with Crippen LogP contribution in [0.25, 0.3) is 0 Å². The Morgan fingerprint density at radius 1 is 1.05 bits per heavy atom. The van der Waals surface area contributed by atoms with Crippen molar-refractivity contribution in [3.63, 3.8) is 0 Å². The Kier molecular flexibility index (Phi) is 5.41. The lowest BCUT2D eigenvalue weighted by Gasteiger charge is -2.43. The molecule has 0 atom stereocenters. The van der Waals surface area contributed by atoms with Crippen molar-refractivity contribution >= 4 is 0 Å². The summed E-state index contributed by atoms with van der Waals surface area (Å²) in [6, 6.07) is 0. The lowest BCUT2D eigenvalue weighted by molar-refractivity contribution is 0.105. The van der Waals surface area contributed by atoms with Gasteiger partial charge in [-0.2, -0.15) is 8.78 Å². The van der Waals surface area contributed by atoms with E-state index in [1.54, 1.807) is 0 Å². The third-order valence-corrected chi connectivity index (χ3v) is 5.56. The van der Waals surface area contributed by atoms with Crippen LogP contribution in [-0.4, -0.2) is 0 Å². The molecule has 0 saturated heterocycles. The van der Waals surface area contributed by atoms with Gasteiger partial charge in [0.15, 0.2) is 0 Å². The minimum atomic E-state index is -1.40. The Morgan fingerprint density at radius 3 is 2.21 bits per heavy atom. The molecule has 0 unspecified atom stereocenters. The molecule has 2 aliphatic rings. The first-order chi connectivity index (χ1) is 9.15. The van der Waals surface area contributed by atoms with Crippen LogP contribution in [0.5, 0.6) is 0 Å². The molecule has 2 saturated carbocycles. The Balaban J connectivity index is 1.75. The van der Waals surface area contributed by atoms with Crippen molar-refractivity contribution in [2.24, 2.45) is 11.3 Å². The van der Waals surface area contributed by atoms with Crippen molar-refractivity contribution in [3.8, 4) is 0 Å². The predicted octanol–water partition coefficient (Wildman–Crippen LogP) is 6.47. The summed E-state index contributed by atoms with van der Waals surface area (Å²) in [6.45, 7) is 2.26. The smallest absolute Gasteiger partial charge is 0.173 e. The van der Waals surface area contributed by atoms with Crippen molar-refractivity contribution in [2.45, 2.75) is 84.0 Å². The van der Waals surface area contributed by atoms with Crippen LogP contribution in [0.15, 0.2) is 11.7 Å². The number of unbranched alkanes of at least 4 members (excludes halogenated alkanes) is 2. The summed E-state index contributed by atoms with van der Waals surface area (Å²) in [5, 5.41) is 0. The number of rotatable bonds is 4. The first kappa shape index (κ1) is 15.0. The maximum absolute atomic E-state index is 12.6. The summed E-state index contributed by atoms with van der Waals surface area (Å²) >= 11 is 0. The van der Waals surface area contributed by atoms with E-state index >= 15 is 0 Å². The molecular formula is C17H28F2. The summed E-state index contributed by atoms with van der Waals surface area (Å²) in [5.41, 5.74) is 0.871. The fourth-order valence-electron chi connectivity index (χ4n) is 4.03. The topological polar surface area (TPSA) is 0 Å². The van der Waals surface area contributed by atoms with Crippen LogP contribution in [0, 0.1) is 11.3 Å². The quantitative estimate of drug-likeness (QED) is 0.514. The highest BCUT2D eigenvalue weighted by Gasteiger charge is 2.37. The molecule has 0 aromatic heterocycles. The second kappa shape index (κ2) is 6.85. The van der Waals surface area contributed by atoms with Crippen LogP contribution in [0.4, 0.5) is 8.78 Å². The van der Waals surface area contributed by atoms with Crippen molar-refractivity contribution in [2.75, 3.05) is 0 Å². The van der Waals surface area contributed by atoms with E-state index in [2.05, 4.69) is 6.92 Å². The zero-order valence-electron chi connectivity index (χ0n) is 12.3. The summed E-state index contributed by atoms with van der Waals surface area (Å²) in [5.74, 6) is 0.923. The van der Waals surface area contributed by atoms with Crippen molar-refractivity contribution < 1.29 is 8.78 Å². The predicted molar refractivity (Wildman–Crippen MR) is 76.2 cm³/mol. The van der Waals surface area contributed by atoms with Gasteiger partial charge in [0.1, 0.15) is 0 Å². The van der Waals surface area contributed by atoms with E-state index in [-0.39, 0.29) is 0 Å². The van der Waals surface area contributed by atoms with Gasteiger partial charge >= 0.3 is 0 Å². The maximum Gasteiger partial charge on any atom is 0.269 e. The fraction of sp³-hybridized carbons (Fsp3) is 0.882. The highest BCUT2D eigenvalue weighted by molar-refractivity contribution is 5.08. The normalized spacial score (nSPS) is 31.7. The minimum Gasteiger partial charge on any atom is -0.173 e. The molecule has 1 spiro atoms. The Hall–Kier alpha value is -0.400. The minimum absolute atomic E-state index is 0.431. The standard InChI is InChI=1S/C17H28F2/c1-2-3-4-5-14-6-10-17(11-7-14)12-8-15(9-13-17)16(18)19/h14H,2-13H2,1H3. The molecule has 0 heterocycles. The second-order valence-corrected chi connectivity index (χ2v) is 6.80. The number of allylic oxidation sites excluding steroid dienone is 1. The maximum atomic E-state index is 12.6. The fourth-order valence-corrected chi connectivity index (χ4v) is 4.03. The van der Waals surface area contributed by atoms with Gasteiger partial charge in [-0.3, -0.25) is 0 Å². The third kappa shape index (κ3) is 4.03. The lowest BCUT2D eigenvalue weighted by atomic mass is 9.62. The molecule has 0 radical (unpaired) electrons. The number of halogens is 2. The molecule has 2 heteroatoms. The average Bonchev–Trinajstić information content (AvgIpc) is 2.42. The number of hydrogen-bond acceptors (Lipinski definition) is 0. The van der Waals surface area contributed by atoms with Crippen LogP contribution < -0.4 is 0 Å². The molecule has 0 amide bonds. The second-order valence-electron chi connectivity index (χ2n) is 6.80. The zero-order chi connectivity index (χ0) is 13.7. The van der Waals surface area contributed by atoms with Gasteiger partial charge in [-0.25, -0.2) is 0 Å². The van der Waals surface area contributed by atoms with E-state index in [9.17, 15) is 8.78 Å². The SMILES string of the molecule is CCCCCC1CCC2(CCC(=C(F)F)CC2)CC1. The van der Waals surface area contributed by atoms with Gasteiger partial charge in [-0.15, -0.1) is 0 Å². The zero-order valence-corrected chi connectivity index (χ0v) is 12.3. The molecule has 0 bridgehead atoms. The first-order valence-corrected chi connectivity index (χ1v) is 8.18. The summed E-state index contributed by atoms with van der Waals surface area (Å²) in [7, 11) is 0. The van der Waals surface area contributed by atoms with E-state index in [0.717, 1.165) is 18.8 Å². The van der Waals surface area contributed by atoms with Crippen LogP contribution in [0.1, 0.15) is 84.0 Å². The van der Waals surface area contributed by atoms with Crippen LogP contribution in [-0.2, 0) is 0 Å². The first-order valence-electron chi connectivity index (χ1n) is 8.18. The average molecular weight is 270 g/mol. The molecule has 2 rings (SSSR count). The van der Waals surface area contributed by atoms with Crippen LogP contribution >= 0.6 is 0 Å².